The highest BCUT2D eigenvalue weighted by atomic mass is 35.5. The molecule has 4 N–H and O–H groups in total. The van der Waals surface area contributed by atoms with E-state index in [1.54, 1.807) is 13.2 Å². The van der Waals surface area contributed by atoms with Crippen LogP contribution in [-0.4, -0.2) is 30.6 Å². The standard InChI is InChI=1S/C10H14ClN5/c1-15-5-7(16(2)13)8(12)6-3-4-14-10(11)9(6)15/h3-4H,5,12-13H2,1-2H3. The zero-order valence-electron chi connectivity index (χ0n) is 9.24. The SMILES string of the molecule is CN(N)C1=C(N)c2ccnc(Cl)c2N(C)C1. The van der Waals surface area contributed by atoms with Crippen molar-refractivity contribution in [2.24, 2.45) is 11.6 Å². The lowest BCUT2D eigenvalue weighted by atomic mass is 10.1. The molecule has 1 aliphatic heterocycles. The van der Waals surface area contributed by atoms with E-state index >= 15 is 0 Å². The molecule has 2 heterocycles. The quantitative estimate of drug-likeness (QED) is 0.427. The van der Waals surface area contributed by atoms with Crippen LogP contribution in [0.1, 0.15) is 5.56 Å². The molecule has 0 spiro atoms. The van der Waals surface area contributed by atoms with Gasteiger partial charge in [0.2, 0.25) is 0 Å². The molecule has 1 aliphatic rings. The fraction of sp³-hybridized carbons (Fsp3) is 0.300. The molecule has 0 fully saturated rings. The van der Waals surface area contributed by atoms with E-state index in [-0.39, 0.29) is 0 Å². The third-order valence-electron chi connectivity index (χ3n) is 2.68. The van der Waals surface area contributed by atoms with Crippen molar-refractivity contribution in [2.45, 2.75) is 0 Å². The summed E-state index contributed by atoms with van der Waals surface area (Å²) in [4.78, 5) is 6.03. The second-order valence-corrected chi connectivity index (χ2v) is 4.18. The van der Waals surface area contributed by atoms with E-state index in [0.29, 0.717) is 17.4 Å². The van der Waals surface area contributed by atoms with Crippen molar-refractivity contribution in [3.63, 3.8) is 0 Å². The summed E-state index contributed by atoms with van der Waals surface area (Å²) in [5.41, 5.74) is 9.32. The van der Waals surface area contributed by atoms with Crippen LogP contribution in [0, 0.1) is 0 Å². The van der Waals surface area contributed by atoms with Gasteiger partial charge in [-0.15, -0.1) is 0 Å². The van der Waals surface area contributed by atoms with Crippen LogP contribution in [0.5, 0.6) is 0 Å². The van der Waals surface area contributed by atoms with Gasteiger partial charge in [0.15, 0.2) is 5.15 Å². The Hall–Kier alpha value is -1.46. The topological polar surface area (TPSA) is 71.4 Å². The van der Waals surface area contributed by atoms with E-state index in [4.69, 9.17) is 23.2 Å². The first-order chi connectivity index (χ1) is 7.52. The fourth-order valence-electron chi connectivity index (χ4n) is 1.85. The van der Waals surface area contributed by atoms with Crippen LogP contribution in [0.3, 0.4) is 0 Å². The van der Waals surface area contributed by atoms with Gasteiger partial charge >= 0.3 is 0 Å². The summed E-state index contributed by atoms with van der Waals surface area (Å²) in [6.45, 7) is 0.622. The molecule has 86 valence electrons. The molecule has 1 aromatic rings. The largest absolute Gasteiger partial charge is 0.397 e. The zero-order valence-corrected chi connectivity index (χ0v) is 9.99. The number of hydrogen-bond donors (Lipinski definition) is 2. The molecule has 5 nitrogen and oxygen atoms in total. The summed E-state index contributed by atoms with van der Waals surface area (Å²) < 4.78 is 0. The predicted octanol–water partition coefficient (Wildman–Crippen LogP) is 0.618. The molecule has 1 aromatic heterocycles. The first-order valence-electron chi connectivity index (χ1n) is 4.85. The summed E-state index contributed by atoms with van der Waals surface area (Å²) in [7, 11) is 3.70. The molecule has 6 heteroatoms. The summed E-state index contributed by atoms with van der Waals surface area (Å²) >= 11 is 6.05. The van der Waals surface area contributed by atoms with Crippen molar-refractivity contribution in [3.05, 3.63) is 28.7 Å². The van der Waals surface area contributed by atoms with Gasteiger partial charge in [0.05, 0.1) is 23.6 Å². The minimum absolute atomic E-state index is 0.460. The van der Waals surface area contributed by atoms with E-state index in [0.717, 1.165) is 16.9 Å². The van der Waals surface area contributed by atoms with Crippen LogP contribution < -0.4 is 16.5 Å². The van der Waals surface area contributed by atoms with E-state index in [2.05, 4.69) is 4.98 Å². The van der Waals surface area contributed by atoms with Gasteiger partial charge < -0.3 is 15.6 Å². The molecule has 0 saturated heterocycles. The number of anilines is 1. The number of nitrogens with two attached hydrogens (primary N) is 2. The second-order valence-electron chi connectivity index (χ2n) is 3.83. The van der Waals surface area contributed by atoms with Crippen LogP contribution in [0.4, 0.5) is 5.69 Å². The second kappa shape index (κ2) is 3.84. The van der Waals surface area contributed by atoms with Crippen LogP contribution in [0.25, 0.3) is 5.70 Å². The Labute approximate surface area is 99.3 Å². The lowest BCUT2D eigenvalue weighted by Crippen LogP contribution is -2.38. The minimum atomic E-state index is 0.460. The van der Waals surface area contributed by atoms with Gasteiger partial charge in [-0.05, 0) is 6.07 Å². The predicted molar refractivity (Wildman–Crippen MR) is 65.6 cm³/mol. The molecule has 0 bridgehead atoms. The summed E-state index contributed by atoms with van der Waals surface area (Å²) in [6.07, 6.45) is 1.64. The number of likely N-dealkylation sites (N-methyl/N-ethyl adjacent to an activating group) is 2. The van der Waals surface area contributed by atoms with E-state index in [1.165, 1.54) is 5.01 Å². The highest BCUT2D eigenvalue weighted by Gasteiger charge is 2.24. The van der Waals surface area contributed by atoms with Crippen molar-refractivity contribution in [1.82, 2.24) is 9.99 Å². The van der Waals surface area contributed by atoms with Crippen molar-refractivity contribution in [3.8, 4) is 0 Å². The normalized spacial score (nSPS) is 15.1. The van der Waals surface area contributed by atoms with Gasteiger partial charge in [0.1, 0.15) is 0 Å². The molecule has 2 rings (SSSR count). The Bertz CT molecular complexity index is 455. The van der Waals surface area contributed by atoms with E-state index < -0.39 is 0 Å². The number of hydrazine groups is 1. The van der Waals surface area contributed by atoms with Gasteiger partial charge in [-0.25, -0.2) is 10.8 Å². The minimum Gasteiger partial charge on any atom is -0.397 e. The average Bonchev–Trinajstić information content (AvgIpc) is 2.22. The molecular weight excluding hydrogens is 226 g/mol. The van der Waals surface area contributed by atoms with Crippen LogP contribution >= 0.6 is 11.6 Å². The third-order valence-corrected chi connectivity index (χ3v) is 2.95. The van der Waals surface area contributed by atoms with Crippen molar-refractivity contribution in [2.75, 3.05) is 25.5 Å². The van der Waals surface area contributed by atoms with Gasteiger partial charge in [0.25, 0.3) is 0 Å². The molecule has 16 heavy (non-hydrogen) atoms. The summed E-state index contributed by atoms with van der Waals surface area (Å²) in [6, 6.07) is 1.84. The van der Waals surface area contributed by atoms with E-state index in [1.807, 2.05) is 18.0 Å². The van der Waals surface area contributed by atoms with Gasteiger partial charge in [-0.2, -0.15) is 0 Å². The highest BCUT2D eigenvalue weighted by Crippen LogP contribution is 2.35. The van der Waals surface area contributed by atoms with Gasteiger partial charge in [0, 0.05) is 25.9 Å². The smallest absolute Gasteiger partial charge is 0.152 e. The third kappa shape index (κ3) is 1.58. The maximum absolute atomic E-state index is 6.07. The van der Waals surface area contributed by atoms with Crippen LogP contribution in [-0.2, 0) is 0 Å². The lowest BCUT2D eigenvalue weighted by Gasteiger charge is -2.33. The number of fused-ring (bicyclic) bond motifs is 1. The number of hydrogen-bond acceptors (Lipinski definition) is 5. The van der Waals surface area contributed by atoms with Gasteiger partial charge in [-0.1, -0.05) is 11.6 Å². The number of nitrogens with zero attached hydrogens (tertiary/aromatic N) is 3. The number of rotatable bonds is 1. The Morgan fingerprint density at radius 2 is 2.25 bits per heavy atom. The summed E-state index contributed by atoms with van der Waals surface area (Å²) in [5, 5.41) is 1.99. The monoisotopic (exact) mass is 239 g/mol. The Morgan fingerprint density at radius 3 is 2.88 bits per heavy atom. The fourth-order valence-corrected chi connectivity index (χ4v) is 2.16. The number of halogens is 1. The molecule has 0 aromatic carbocycles. The number of pyridine rings is 1. The molecule has 0 radical (unpaired) electrons. The maximum Gasteiger partial charge on any atom is 0.152 e. The lowest BCUT2D eigenvalue weighted by molar-refractivity contribution is 0.431. The Morgan fingerprint density at radius 1 is 1.56 bits per heavy atom. The van der Waals surface area contributed by atoms with Crippen molar-refractivity contribution in [1.29, 1.82) is 0 Å². The Kier molecular flexibility index (Phi) is 2.65. The first kappa shape index (κ1) is 11.0. The van der Waals surface area contributed by atoms with Crippen molar-refractivity contribution < 1.29 is 0 Å². The van der Waals surface area contributed by atoms with Gasteiger partial charge in [-0.3, -0.25) is 0 Å². The van der Waals surface area contributed by atoms with Crippen molar-refractivity contribution >= 4 is 23.0 Å². The zero-order chi connectivity index (χ0) is 11.9. The van der Waals surface area contributed by atoms with Crippen LogP contribution in [0.2, 0.25) is 5.15 Å². The van der Waals surface area contributed by atoms with E-state index in [9.17, 15) is 0 Å². The first-order valence-corrected chi connectivity index (χ1v) is 5.23. The summed E-state index contributed by atoms with van der Waals surface area (Å²) in [5.74, 6) is 5.74. The Balaban J connectivity index is 2.63. The van der Waals surface area contributed by atoms with Crippen LogP contribution in [0.15, 0.2) is 18.0 Å². The average molecular weight is 240 g/mol. The maximum atomic E-state index is 6.07. The number of aromatic nitrogens is 1. The molecular formula is C10H14ClN5. The molecule has 0 unspecified atom stereocenters. The molecule has 0 atom stereocenters. The molecule has 0 amide bonds. The highest BCUT2D eigenvalue weighted by molar-refractivity contribution is 6.32. The molecule has 0 aliphatic carbocycles. The molecule has 0 saturated carbocycles.